The van der Waals surface area contributed by atoms with Gasteiger partial charge >= 0.3 is 6.03 Å². The summed E-state index contributed by atoms with van der Waals surface area (Å²) in [6, 6.07) is 9.71. The van der Waals surface area contributed by atoms with Gasteiger partial charge in [-0.2, -0.15) is 0 Å². The first-order valence-corrected chi connectivity index (χ1v) is 15.0. The molecular formula is C30H43N9O2. The highest BCUT2D eigenvalue weighted by molar-refractivity contribution is 5.96. The van der Waals surface area contributed by atoms with Gasteiger partial charge in [0.15, 0.2) is 11.5 Å². The topological polar surface area (TPSA) is 137 Å². The number of likely N-dealkylation sites (tertiary alicyclic amines) is 1. The van der Waals surface area contributed by atoms with E-state index in [-0.39, 0.29) is 23.2 Å². The van der Waals surface area contributed by atoms with E-state index in [2.05, 4.69) is 39.2 Å². The zero-order chi connectivity index (χ0) is 28.7. The predicted octanol–water partition coefficient (Wildman–Crippen LogP) is 2.50. The fourth-order valence-electron chi connectivity index (χ4n) is 6.92. The Balaban J connectivity index is 1.14. The number of piperidine rings is 2. The Labute approximate surface area is 242 Å². The molecule has 0 spiro atoms. The van der Waals surface area contributed by atoms with Crippen molar-refractivity contribution in [2.45, 2.75) is 69.0 Å². The largest absolute Gasteiger partial charge is 0.364 e. The van der Waals surface area contributed by atoms with Crippen LogP contribution < -0.4 is 21.7 Å². The highest BCUT2D eigenvalue weighted by Crippen LogP contribution is 2.38. The second kappa shape index (κ2) is 11.1. The Bertz CT molecular complexity index is 1270. The molecule has 3 aliphatic heterocycles. The van der Waals surface area contributed by atoms with E-state index in [1.165, 1.54) is 5.56 Å². The van der Waals surface area contributed by atoms with Gasteiger partial charge in [-0.15, -0.1) is 0 Å². The number of carbonyl (C=O) groups excluding carboxylic acids is 2. The van der Waals surface area contributed by atoms with Crippen molar-refractivity contribution in [3.8, 4) is 0 Å². The van der Waals surface area contributed by atoms with Crippen LogP contribution in [-0.2, 0) is 5.41 Å². The summed E-state index contributed by atoms with van der Waals surface area (Å²) in [5.41, 5.74) is 14.1. The lowest BCUT2D eigenvalue weighted by atomic mass is 9.73. The Morgan fingerprint density at radius 1 is 1.05 bits per heavy atom. The number of benzene rings is 1. The first kappa shape index (κ1) is 27.7. The molecule has 5 N–H and O–H groups in total. The number of hydrogen-bond donors (Lipinski definition) is 3. The van der Waals surface area contributed by atoms with Crippen molar-refractivity contribution < 1.29 is 9.59 Å². The molecule has 0 bridgehead atoms. The van der Waals surface area contributed by atoms with Gasteiger partial charge < -0.3 is 36.4 Å². The van der Waals surface area contributed by atoms with Gasteiger partial charge in [-0.05, 0) is 74.7 Å². The zero-order valence-electron chi connectivity index (χ0n) is 24.3. The Hall–Kier alpha value is -3.44. The summed E-state index contributed by atoms with van der Waals surface area (Å²) in [5, 5.41) is 3.30. The number of anilines is 3. The molecule has 4 fully saturated rings. The van der Waals surface area contributed by atoms with E-state index in [9.17, 15) is 9.59 Å². The maximum Gasteiger partial charge on any atom is 0.320 e. The van der Waals surface area contributed by atoms with Crippen molar-refractivity contribution in [1.29, 1.82) is 0 Å². The molecule has 0 radical (unpaired) electrons. The molecule has 3 saturated heterocycles. The molecule has 2 aromatic rings. The highest BCUT2D eigenvalue weighted by Gasteiger charge is 2.38. The predicted molar refractivity (Wildman–Crippen MR) is 159 cm³/mol. The third kappa shape index (κ3) is 5.57. The summed E-state index contributed by atoms with van der Waals surface area (Å²) in [6.45, 7) is 7.58. The fraction of sp³-hybridized carbons (Fsp3) is 0.600. The lowest BCUT2D eigenvalue weighted by molar-refractivity contribution is 0.0663. The van der Waals surface area contributed by atoms with E-state index >= 15 is 0 Å². The van der Waals surface area contributed by atoms with E-state index in [0.717, 1.165) is 76.9 Å². The van der Waals surface area contributed by atoms with Gasteiger partial charge in [0.25, 0.3) is 5.91 Å². The van der Waals surface area contributed by atoms with Gasteiger partial charge in [-0.1, -0.05) is 19.1 Å². The third-order valence-corrected chi connectivity index (χ3v) is 9.82. The number of primary amides is 1. The van der Waals surface area contributed by atoms with E-state index in [1.807, 2.05) is 24.1 Å². The second-order valence-electron chi connectivity index (χ2n) is 12.6. The quantitative estimate of drug-likeness (QED) is 0.469. The molecule has 1 unspecified atom stereocenters. The van der Waals surface area contributed by atoms with Gasteiger partial charge in [0, 0.05) is 51.0 Å². The molecule has 1 saturated carbocycles. The number of nitrogens with two attached hydrogens (primary N) is 2. The second-order valence-corrected chi connectivity index (χ2v) is 12.6. The minimum absolute atomic E-state index is 0.0836. The molecule has 11 nitrogen and oxygen atoms in total. The number of nitrogens with one attached hydrogen (secondary N) is 1. The molecule has 1 atom stereocenters. The highest BCUT2D eigenvalue weighted by atomic mass is 16.2. The third-order valence-electron chi connectivity index (χ3n) is 9.82. The maximum atomic E-state index is 12.6. The summed E-state index contributed by atoms with van der Waals surface area (Å²) in [5.74, 6) is 0.391. The lowest BCUT2D eigenvalue weighted by Crippen LogP contribution is -2.54. The number of amides is 3. The number of hydrogen-bond acceptors (Lipinski definition) is 8. The molecule has 11 heteroatoms. The van der Waals surface area contributed by atoms with Gasteiger partial charge in [0.1, 0.15) is 5.82 Å². The first-order chi connectivity index (χ1) is 19.7. The molecule has 220 valence electrons. The number of likely N-dealkylation sites (N-methyl/N-ethyl adjacent to an activating group) is 1. The average molecular weight is 562 g/mol. The molecule has 4 aliphatic rings. The molecule has 6 rings (SSSR count). The van der Waals surface area contributed by atoms with Crippen LogP contribution in [0.5, 0.6) is 0 Å². The Morgan fingerprint density at radius 2 is 1.78 bits per heavy atom. The van der Waals surface area contributed by atoms with E-state index in [1.54, 1.807) is 11.1 Å². The van der Waals surface area contributed by atoms with Crippen LogP contribution in [0.4, 0.5) is 22.1 Å². The molecule has 1 aliphatic carbocycles. The molecule has 1 aromatic heterocycles. The van der Waals surface area contributed by atoms with Gasteiger partial charge in [-0.25, -0.2) is 14.8 Å². The van der Waals surface area contributed by atoms with Gasteiger partial charge in [0.2, 0.25) is 0 Å². The molecule has 3 amide bonds. The van der Waals surface area contributed by atoms with Gasteiger partial charge in [-0.3, -0.25) is 4.79 Å². The SMILES string of the molecule is CN1CCN(C2CCCN(c3cnc(C(N)=O)c(Nc4ccc(C5(C)CCN([C@H]6C[C@@H](N)C6)CC5)cc4)n3)C2)C1=O. The van der Waals surface area contributed by atoms with Crippen LogP contribution in [0.25, 0.3) is 0 Å². The lowest BCUT2D eigenvalue weighted by Gasteiger charge is -2.47. The summed E-state index contributed by atoms with van der Waals surface area (Å²) < 4.78 is 0. The number of urea groups is 1. The van der Waals surface area contributed by atoms with Crippen LogP contribution in [0, 0.1) is 0 Å². The Morgan fingerprint density at radius 3 is 2.41 bits per heavy atom. The van der Waals surface area contributed by atoms with Crippen LogP contribution in [0.3, 0.4) is 0 Å². The van der Waals surface area contributed by atoms with E-state index in [0.29, 0.717) is 30.3 Å². The molecule has 1 aromatic carbocycles. The van der Waals surface area contributed by atoms with Crippen LogP contribution in [-0.4, -0.2) is 101 Å². The van der Waals surface area contributed by atoms with Gasteiger partial charge in [0.05, 0.1) is 12.2 Å². The number of carbonyl (C=O) groups is 2. The minimum Gasteiger partial charge on any atom is -0.364 e. The first-order valence-electron chi connectivity index (χ1n) is 15.0. The smallest absolute Gasteiger partial charge is 0.320 e. The van der Waals surface area contributed by atoms with Crippen molar-refractivity contribution in [2.24, 2.45) is 11.5 Å². The molecule has 4 heterocycles. The monoisotopic (exact) mass is 561 g/mol. The van der Waals surface area contributed by atoms with Crippen LogP contribution in [0.1, 0.15) is 61.5 Å². The van der Waals surface area contributed by atoms with Crippen molar-refractivity contribution in [3.05, 3.63) is 41.7 Å². The van der Waals surface area contributed by atoms with Crippen molar-refractivity contribution in [1.82, 2.24) is 24.7 Å². The summed E-state index contributed by atoms with van der Waals surface area (Å²) in [4.78, 5) is 42.5. The fourth-order valence-corrected chi connectivity index (χ4v) is 6.92. The number of nitrogens with zero attached hydrogens (tertiary/aromatic N) is 6. The van der Waals surface area contributed by atoms with Crippen molar-refractivity contribution >= 4 is 29.3 Å². The van der Waals surface area contributed by atoms with Crippen LogP contribution in [0.15, 0.2) is 30.5 Å². The molecule has 41 heavy (non-hydrogen) atoms. The van der Waals surface area contributed by atoms with Crippen molar-refractivity contribution in [3.63, 3.8) is 0 Å². The minimum atomic E-state index is -0.628. The van der Waals surface area contributed by atoms with Crippen LogP contribution >= 0.6 is 0 Å². The molecular weight excluding hydrogens is 518 g/mol. The Kier molecular flexibility index (Phi) is 7.50. The average Bonchev–Trinajstić information content (AvgIpc) is 3.30. The standard InChI is InChI=1S/C30H43N9O2/c1-30(9-12-37(13-10-30)24-16-21(31)17-24)20-5-7-22(8-6-20)34-28-26(27(32)40)33-18-25(35-28)38-11-3-4-23(19-38)39-15-14-36(2)29(39)41/h5-8,18,21,23-24H,3-4,9-17,19,31H2,1-2H3,(H2,32,40)(H,34,35)/t21-,23?,24+. The normalized spacial score (nSPS) is 26.7. The van der Waals surface area contributed by atoms with Crippen LogP contribution in [0.2, 0.25) is 0 Å². The summed E-state index contributed by atoms with van der Waals surface area (Å²) in [6.07, 6.45) is 8.03. The zero-order valence-corrected chi connectivity index (χ0v) is 24.3. The van der Waals surface area contributed by atoms with E-state index in [4.69, 9.17) is 16.5 Å². The number of aromatic nitrogens is 2. The van der Waals surface area contributed by atoms with E-state index < -0.39 is 5.91 Å². The van der Waals surface area contributed by atoms with Crippen molar-refractivity contribution in [2.75, 3.05) is 56.5 Å². The number of rotatable bonds is 7. The summed E-state index contributed by atoms with van der Waals surface area (Å²) >= 11 is 0. The summed E-state index contributed by atoms with van der Waals surface area (Å²) in [7, 11) is 1.84. The maximum absolute atomic E-state index is 12.6.